The monoisotopic (exact) mass is 341 g/mol. The van der Waals surface area contributed by atoms with Crippen LogP contribution in [0.3, 0.4) is 0 Å². The highest BCUT2D eigenvalue weighted by molar-refractivity contribution is 7.98. The van der Waals surface area contributed by atoms with E-state index in [1.54, 1.807) is 25.2 Å². The van der Waals surface area contributed by atoms with E-state index < -0.39 is 0 Å². The number of hydrogen-bond donors (Lipinski definition) is 0. The average molecular weight is 341 g/mol. The summed E-state index contributed by atoms with van der Waals surface area (Å²) in [5, 5.41) is 9.06. The minimum absolute atomic E-state index is 0.286. The van der Waals surface area contributed by atoms with Crippen molar-refractivity contribution in [2.75, 3.05) is 13.9 Å². The first-order valence-electron chi connectivity index (χ1n) is 7.40. The van der Waals surface area contributed by atoms with Crippen molar-refractivity contribution >= 4 is 11.8 Å². The highest BCUT2D eigenvalue weighted by Crippen LogP contribution is 2.34. The van der Waals surface area contributed by atoms with E-state index in [1.165, 1.54) is 0 Å². The quantitative estimate of drug-likeness (QED) is 0.664. The molecule has 3 aromatic rings. The molecular weight excluding hydrogens is 326 g/mol. The van der Waals surface area contributed by atoms with Crippen LogP contribution in [0.5, 0.6) is 17.2 Å². The van der Waals surface area contributed by atoms with Crippen LogP contribution in [-0.2, 0) is 5.75 Å². The lowest BCUT2D eigenvalue weighted by atomic mass is 10.2. The molecule has 122 valence electrons. The highest BCUT2D eigenvalue weighted by Gasteiger charge is 2.15. The maximum Gasteiger partial charge on any atom is 0.231 e. The molecule has 0 fully saturated rings. The summed E-state index contributed by atoms with van der Waals surface area (Å²) in [6.07, 6.45) is 1.69. The fourth-order valence-electron chi connectivity index (χ4n) is 2.50. The minimum atomic E-state index is 0.286. The number of benzene rings is 2. The van der Waals surface area contributed by atoms with Crippen molar-refractivity contribution in [2.45, 2.75) is 10.9 Å². The number of ether oxygens (including phenoxy) is 3. The fraction of sp³-hybridized carbons (Fsp3) is 0.176. The van der Waals surface area contributed by atoms with E-state index >= 15 is 0 Å². The van der Waals surface area contributed by atoms with Gasteiger partial charge in [-0.2, -0.15) is 0 Å². The summed E-state index contributed by atoms with van der Waals surface area (Å²) in [5.74, 6) is 3.12. The van der Waals surface area contributed by atoms with E-state index in [-0.39, 0.29) is 6.79 Å². The Morgan fingerprint density at radius 2 is 2.04 bits per heavy atom. The van der Waals surface area contributed by atoms with Gasteiger partial charge in [0.25, 0.3) is 0 Å². The summed E-state index contributed by atoms with van der Waals surface area (Å²) in [6, 6.07) is 13.8. The van der Waals surface area contributed by atoms with Crippen LogP contribution in [0, 0.1) is 0 Å². The summed E-state index contributed by atoms with van der Waals surface area (Å²) in [5.41, 5.74) is 2.05. The molecule has 0 saturated heterocycles. The molecule has 1 aliphatic heterocycles. The Morgan fingerprint density at radius 1 is 1.17 bits per heavy atom. The van der Waals surface area contributed by atoms with Crippen LogP contribution in [0.1, 0.15) is 5.56 Å². The zero-order valence-electron chi connectivity index (χ0n) is 13.0. The number of thioether (sulfide) groups is 1. The van der Waals surface area contributed by atoms with Crippen molar-refractivity contribution in [3.63, 3.8) is 0 Å². The van der Waals surface area contributed by atoms with Gasteiger partial charge in [0.2, 0.25) is 6.79 Å². The molecule has 2 aromatic carbocycles. The number of aromatic nitrogens is 3. The SMILES string of the molecule is COc1ccccc1-n1cnnc1SCc1ccc2c(c1)OCO2. The molecule has 0 atom stereocenters. The van der Waals surface area contributed by atoms with Crippen molar-refractivity contribution in [1.29, 1.82) is 0 Å². The molecule has 0 N–H and O–H groups in total. The molecule has 0 amide bonds. The molecule has 24 heavy (non-hydrogen) atoms. The fourth-order valence-corrected chi connectivity index (χ4v) is 3.36. The molecule has 0 bridgehead atoms. The molecule has 2 heterocycles. The van der Waals surface area contributed by atoms with Crippen molar-refractivity contribution in [2.24, 2.45) is 0 Å². The van der Waals surface area contributed by atoms with E-state index in [0.29, 0.717) is 0 Å². The molecule has 6 nitrogen and oxygen atoms in total. The molecule has 0 unspecified atom stereocenters. The van der Waals surface area contributed by atoms with Gasteiger partial charge in [0.1, 0.15) is 12.1 Å². The summed E-state index contributed by atoms with van der Waals surface area (Å²) in [7, 11) is 1.66. The van der Waals surface area contributed by atoms with E-state index in [1.807, 2.05) is 47.0 Å². The van der Waals surface area contributed by atoms with Gasteiger partial charge in [0.05, 0.1) is 12.8 Å². The van der Waals surface area contributed by atoms with Gasteiger partial charge in [-0.3, -0.25) is 4.57 Å². The lowest BCUT2D eigenvalue weighted by Crippen LogP contribution is -1.98. The Bertz CT molecular complexity index is 866. The number of hydrogen-bond acceptors (Lipinski definition) is 6. The molecular formula is C17H15N3O3S. The zero-order valence-corrected chi connectivity index (χ0v) is 13.8. The topological polar surface area (TPSA) is 58.4 Å². The van der Waals surface area contributed by atoms with Gasteiger partial charge < -0.3 is 14.2 Å². The molecule has 7 heteroatoms. The summed E-state index contributed by atoms with van der Waals surface area (Å²) < 4.78 is 18.1. The zero-order chi connectivity index (χ0) is 16.4. The number of fused-ring (bicyclic) bond motifs is 1. The van der Waals surface area contributed by atoms with Crippen LogP contribution < -0.4 is 14.2 Å². The van der Waals surface area contributed by atoms with E-state index in [0.717, 1.165) is 39.4 Å². The number of para-hydroxylation sites is 2. The Morgan fingerprint density at radius 3 is 2.96 bits per heavy atom. The van der Waals surface area contributed by atoms with Gasteiger partial charge in [-0.15, -0.1) is 10.2 Å². The second kappa shape index (κ2) is 6.45. The third-order valence-electron chi connectivity index (χ3n) is 3.67. The predicted octanol–water partition coefficient (Wildman–Crippen LogP) is 3.30. The number of nitrogens with zero attached hydrogens (tertiary/aromatic N) is 3. The normalized spacial score (nSPS) is 12.4. The Labute approximate surface area is 143 Å². The predicted molar refractivity (Wildman–Crippen MR) is 90.0 cm³/mol. The molecule has 1 aromatic heterocycles. The Hall–Kier alpha value is -2.67. The third kappa shape index (κ3) is 2.78. The molecule has 0 saturated carbocycles. The first kappa shape index (κ1) is 14.9. The number of methoxy groups -OCH3 is 1. The molecule has 1 aliphatic rings. The Kier molecular flexibility index (Phi) is 4.00. The first-order chi connectivity index (χ1) is 11.8. The summed E-state index contributed by atoms with van der Waals surface area (Å²) in [4.78, 5) is 0. The molecule has 0 spiro atoms. The molecule has 4 rings (SSSR count). The van der Waals surface area contributed by atoms with E-state index in [9.17, 15) is 0 Å². The van der Waals surface area contributed by atoms with Crippen molar-refractivity contribution in [3.05, 3.63) is 54.4 Å². The minimum Gasteiger partial charge on any atom is -0.495 e. The molecule has 0 aliphatic carbocycles. The van der Waals surface area contributed by atoms with Crippen LogP contribution in [0.2, 0.25) is 0 Å². The van der Waals surface area contributed by atoms with Crippen LogP contribution in [-0.4, -0.2) is 28.7 Å². The maximum atomic E-state index is 5.42. The number of rotatable bonds is 5. The van der Waals surface area contributed by atoms with Crippen LogP contribution in [0.4, 0.5) is 0 Å². The largest absolute Gasteiger partial charge is 0.495 e. The lowest BCUT2D eigenvalue weighted by Gasteiger charge is -2.10. The third-order valence-corrected chi connectivity index (χ3v) is 4.68. The van der Waals surface area contributed by atoms with Gasteiger partial charge in [-0.05, 0) is 29.8 Å². The average Bonchev–Trinajstić information content (AvgIpc) is 3.28. The summed E-state index contributed by atoms with van der Waals surface area (Å²) >= 11 is 1.60. The van der Waals surface area contributed by atoms with Crippen LogP contribution >= 0.6 is 11.8 Å². The lowest BCUT2D eigenvalue weighted by molar-refractivity contribution is 0.174. The van der Waals surface area contributed by atoms with Crippen molar-refractivity contribution in [1.82, 2.24) is 14.8 Å². The first-order valence-corrected chi connectivity index (χ1v) is 8.38. The van der Waals surface area contributed by atoms with Gasteiger partial charge in [0, 0.05) is 5.75 Å². The highest BCUT2D eigenvalue weighted by atomic mass is 32.2. The van der Waals surface area contributed by atoms with Gasteiger partial charge in [-0.25, -0.2) is 0 Å². The second-order valence-corrected chi connectivity index (χ2v) is 6.07. The van der Waals surface area contributed by atoms with Crippen molar-refractivity contribution in [3.8, 4) is 22.9 Å². The smallest absolute Gasteiger partial charge is 0.231 e. The standard InChI is InChI=1S/C17H15N3O3S/c1-21-14-5-3-2-4-13(14)20-10-18-19-17(20)24-9-12-6-7-15-16(8-12)23-11-22-15/h2-8,10H,9,11H2,1H3. The van der Waals surface area contributed by atoms with Crippen LogP contribution in [0.25, 0.3) is 5.69 Å². The molecule has 0 radical (unpaired) electrons. The van der Waals surface area contributed by atoms with Gasteiger partial charge in [0.15, 0.2) is 16.7 Å². The Balaban J connectivity index is 1.55. The van der Waals surface area contributed by atoms with Crippen molar-refractivity contribution < 1.29 is 14.2 Å². The van der Waals surface area contributed by atoms with Crippen LogP contribution in [0.15, 0.2) is 53.9 Å². The second-order valence-electron chi connectivity index (χ2n) is 5.13. The van der Waals surface area contributed by atoms with Gasteiger partial charge in [-0.1, -0.05) is 30.0 Å². The van der Waals surface area contributed by atoms with Gasteiger partial charge >= 0.3 is 0 Å². The van der Waals surface area contributed by atoms with E-state index in [2.05, 4.69) is 10.2 Å². The summed E-state index contributed by atoms with van der Waals surface area (Å²) in [6.45, 7) is 0.286. The van der Waals surface area contributed by atoms with E-state index in [4.69, 9.17) is 14.2 Å². The maximum absolute atomic E-state index is 5.42.